The molecule has 96 valence electrons. The van der Waals surface area contributed by atoms with Crippen LogP contribution in [0.15, 0.2) is 17.5 Å². The molecule has 1 fully saturated rings. The van der Waals surface area contributed by atoms with Gasteiger partial charge in [-0.15, -0.1) is 11.3 Å². The van der Waals surface area contributed by atoms with Crippen LogP contribution in [0.1, 0.15) is 43.9 Å². The van der Waals surface area contributed by atoms with Gasteiger partial charge in [-0.1, -0.05) is 25.8 Å². The molecule has 0 aliphatic heterocycles. The van der Waals surface area contributed by atoms with Crippen molar-refractivity contribution in [3.8, 4) is 0 Å². The lowest BCUT2D eigenvalue weighted by Crippen LogP contribution is -2.40. The fourth-order valence-electron chi connectivity index (χ4n) is 2.68. The van der Waals surface area contributed by atoms with Crippen molar-refractivity contribution in [2.24, 2.45) is 5.73 Å². The molecule has 0 aromatic carbocycles. The Morgan fingerprint density at radius 2 is 2.18 bits per heavy atom. The van der Waals surface area contributed by atoms with Crippen LogP contribution in [-0.2, 0) is 6.54 Å². The molecule has 2 rings (SSSR count). The standard InChI is InChI=1S/C14H24N2S/c1-2-16(12-13-6-5-11-17-13)10-9-14(15)7-3-4-8-14/h5-6,11H,2-4,7-10,12,15H2,1H3. The van der Waals surface area contributed by atoms with Gasteiger partial charge < -0.3 is 5.73 Å². The quantitative estimate of drug-likeness (QED) is 0.842. The van der Waals surface area contributed by atoms with Gasteiger partial charge in [0.2, 0.25) is 0 Å². The molecule has 1 saturated carbocycles. The van der Waals surface area contributed by atoms with E-state index in [4.69, 9.17) is 5.73 Å². The van der Waals surface area contributed by atoms with E-state index >= 15 is 0 Å². The average Bonchev–Trinajstić information content (AvgIpc) is 2.96. The predicted octanol–water partition coefficient (Wildman–Crippen LogP) is 3.23. The minimum absolute atomic E-state index is 0.142. The van der Waals surface area contributed by atoms with Gasteiger partial charge in [0, 0.05) is 23.5 Å². The maximum absolute atomic E-state index is 6.41. The summed E-state index contributed by atoms with van der Waals surface area (Å²) < 4.78 is 0. The van der Waals surface area contributed by atoms with Gasteiger partial charge in [0.05, 0.1) is 0 Å². The van der Waals surface area contributed by atoms with Gasteiger partial charge in [0.1, 0.15) is 0 Å². The minimum Gasteiger partial charge on any atom is -0.325 e. The SMILES string of the molecule is CCN(CCC1(N)CCCC1)Cc1cccs1. The van der Waals surface area contributed by atoms with Crippen molar-refractivity contribution >= 4 is 11.3 Å². The van der Waals surface area contributed by atoms with Crippen LogP contribution < -0.4 is 5.73 Å². The first-order valence-electron chi connectivity index (χ1n) is 6.75. The highest BCUT2D eigenvalue weighted by Crippen LogP contribution is 2.30. The summed E-state index contributed by atoms with van der Waals surface area (Å²) in [5, 5.41) is 2.16. The Bertz CT molecular complexity index is 315. The Hall–Kier alpha value is -0.380. The molecule has 1 aliphatic carbocycles. The summed E-state index contributed by atoms with van der Waals surface area (Å²) >= 11 is 1.85. The molecule has 0 spiro atoms. The fourth-order valence-corrected chi connectivity index (χ4v) is 3.43. The lowest BCUT2D eigenvalue weighted by Gasteiger charge is -2.28. The van der Waals surface area contributed by atoms with E-state index in [0.717, 1.165) is 26.1 Å². The molecule has 0 amide bonds. The highest BCUT2D eigenvalue weighted by atomic mass is 32.1. The number of nitrogens with zero attached hydrogens (tertiary/aromatic N) is 1. The lowest BCUT2D eigenvalue weighted by atomic mass is 9.94. The van der Waals surface area contributed by atoms with Crippen molar-refractivity contribution in [3.05, 3.63) is 22.4 Å². The van der Waals surface area contributed by atoms with Crippen molar-refractivity contribution < 1.29 is 0 Å². The number of nitrogens with two attached hydrogens (primary N) is 1. The monoisotopic (exact) mass is 252 g/mol. The first-order chi connectivity index (χ1) is 8.22. The Morgan fingerprint density at radius 3 is 2.76 bits per heavy atom. The topological polar surface area (TPSA) is 29.3 Å². The summed E-state index contributed by atoms with van der Waals surface area (Å²) in [6, 6.07) is 4.36. The molecule has 0 radical (unpaired) electrons. The molecule has 0 bridgehead atoms. The van der Waals surface area contributed by atoms with E-state index < -0.39 is 0 Å². The highest BCUT2D eigenvalue weighted by molar-refractivity contribution is 7.09. The van der Waals surface area contributed by atoms with Crippen LogP contribution >= 0.6 is 11.3 Å². The van der Waals surface area contributed by atoms with Crippen LogP contribution in [0.25, 0.3) is 0 Å². The molecule has 0 unspecified atom stereocenters. The van der Waals surface area contributed by atoms with Crippen LogP contribution in [-0.4, -0.2) is 23.5 Å². The molecule has 1 aromatic rings. The zero-order valence-corrected chi connectivity index (χ0v) is 11.6. The van der Waals surface area contributed by atoms with Crippen LogP contribution in [0.3, 0.4) is 0 Å². The van der Waals surface area contributed by atoms with E-state index in [0.29, 0.717) is 0 Å². The zero-order valence-electron chi connectivity index (χ0n) is 10.8. The van der Waals surface area contributed by atoms with Crippen molar-refractivity contribution in [2.45, 2.75) is 51.1 Å². The van der Waals surface area contributed by atoms with Gasteiger partial charge in [-0.3, -0.25) is 4.90 Å². The van der Waals surface area contributed by atoms with E-state index in [1.54, 1.807) is 0 Å². The largest absolute Gasteiger partial charge is 0.325 e. The molecule has 0 atom stereocenters. The third kappa shape index (κ3) is 3.80. The molecule has 1 aromatic heterocycles. The van der Waals surface area contributed by atoms with Gasteiger partial charge in [-0.25, -0.2) is 0 Å². The van der Waals surface area contributed by atoms with E-state index in [-0.39, 0.29) is 5.54 Å². The zero-order chi connectivity index (χ0) is 12.1. The first kappa shape index (κ1) is 13.1. The predicted molar refractivity (Wildman–Crippen MR) is 75.3 cm³/mol. The normalized spacial score (nSPS) is 19.0. The van der Waals surface area contributed by atoms with Gasteiger partial charge >= 0.3 is 0 Å². The third-order valence-corrected chi connectivity index (χ3v) is 4.79. The van der Waals surface area contributed by atoms with Gasteiger partial charge in [-0.05, 0) is 37.3 Å². The number of hydrogen-bond acceptors (Lipinski definition) is 3. The van der Waals surface area contributed by atoms with Crippen molar-refractivity contribution in [1.82, 2.24) is 4.90 Å². The lowest BCUT2D eigenvalue weighted by molar-refractivity contribution is 0.243. The number of thiophene rings is 1. The Morgan fingerprint density at radius 1 is 1.41 bits per heavy atom. The average molecular weight is 252 g/mol. The maximum atomic E-state index is 6.41. The number of rotatable bonds is 6. The summed E-state index contributed by atoms with van der Waals surface area (Å²) in [5.41, 5.74) is 6.55. The Kier molecular flexibility index (Phi) is 4.60. The molecule has 1 heterocycles. The van der Waals surface area contributed by atoms with Crippen LogP contribution in [0.2, 0.25) is 0 Å². The van der Waals surface area contributed by atoms with E-state index in [1.165, 1.54) is 30.6 Å². The van der Waals surface area contributed by atoms with Gasteiger partial charge in [-0.2, -0.15) is 0 Å². The van der Waals surface area contributed by atoms with Crippen LogP contribution in [0.4, 0.5) is 0 Å². The third-order valence-electron chi connectivity index (χ3n) is 3.93. The van der Waals surface area contributed by atoms with Crippen molar-refractivity contribution in [3.63, 3.8) is 0 Å². The van der Waals surface area contributed by atoms with Gasteiger partial charge in [0.25, 0.3) is 0 Å². The summed E-state index contributed by atoms with van der Waals surface area (Å²) in [7, 11) is 0. The molecule has 2 N–H and O–H groups in total. The fraction of sp³-hybridized carbons (Fsp3) is 0.714. The van der Waals surface area contributed by atoms with E-state index in [9.17, 15) is 0 Å². The summed E-state index contributed by atoms with van der Waals surface area (Å²) in [5.74, 6) is 0. The molecule has 17 heavy (non-hydrogen) atoms. The Balaban J connectivity index is 1.79. The maximum Gasteiger partial charge on any atom is 0.0327 e. The van der Waals surface area contributed by atoms with Crippen molar-refractivity contribution in [1.29, 1.82) is 0 Å². The number of hydrogen-bond donors (Lipinski definition) is 1. The summed E-state index contributed by atoms with van der Waals surface area (Å²) in [4.78, 5) is 3.98. The molecular weight excluding hydrogens is 228 g/mol. The minimum atomic E-state index is 0.142. The summed E-state index contributed by atoms with van der Waals surface area (Å²) in [6.07, 6.45) is 6.26. The molecule has 1 aliphatic rings. The van der Waals surface area contributed by atoms with E-state index in [1.807, 2.05) is 11.3 Å². The summed E-state index contributed by atoms with van der Waals surface area (Å²) in [6.45, 7) is 5.59. The molecule has 0 saturated heterocycles. The second kappa shape index (κ2) is 5.98. The second-order valence-corrected chi connectivity index (χ2v) is 6.30. The van der Waals surface area contributed by atoms with Crippen LogP contribution in [0, 0.1) is 0 Å². The molecule has 2 nitrogen and oxygen atoms in total. The second-order valence-electron chi connectivity index (χ2n) is 5.27. The smallest absolute Gasteiger partial charge is 0.0327 e. The molecular formula is C14H24N2S. The Labute approximate surface area is 109 Å². The first-order valence-corrected chi connectivity index (χ1v) is 7.63. The molecule has 3 heteroatoms. The highest BCUT2D eigenvalue weighted by Gasteiger charge is 2.29. The van der Waals surface area contributed by atoms with Crippen molar-refractivity contribution in [2.75, 3.05) is 13.1 Å². The van der Waals surface area contributed by atoms with E-state index in [2.05, 4.69) is 29.3 Å². The van der Waals surface area contributed by atoms with Crippen LogP contribution in [0.5, 0.6) is 0 Å². The van der Waals surface area contributed by atoms with Gasteiger partial charge in [0.15, 0.2) is 0 Å².